The first-order chi connectivity index (χ1) is 8.08. The molecule has 6 nitrogen and oxygen atoms in total. The highest BCUT2D eigenvalue weighted by Crippen LogP contribution is 2.09. The van der Waals surface area contributed by atoms with Crippen molar-refractivity contribution in [1.29, 1.82) is 0 Å². The Bertz CT molecular complexity index is 471. The van der Waals surface area contributed by atoms with Crippen molar-refractivity contribution < 1.29 is 8.42 Å². The van der Waals surface area contributed by atoms with Gasteiger partial charge in [-0.3, -0.25) is 0 Å². The van der Waals surface area contributed by atoms with E-state index in [0.29, 0.717) is 5.69 Å². The largest absolute Gasteiger partial charge is 0.317 e. The zero-order valence-electron chi connectivity index (χ0n) is 10.1. The van der Waals surface area contributed by atoms with Crippen LogP contribution in [-0.4, -0.2) is 37.7 Å². The van der Waals surface area contributed by atoms with Gasteiger partial charge < -0.3 is 5.32 Å². The van der Waals surface area contributed by atoms with Gasteiger partial charge in [0.2, 0.25) is 0 Å². The highest BCUT2D eigenvalue weighted by molar-refractivity contribution is 7.89. The zero-order chi connectivity index (χ0) is 12.3. The molecule has 0 atom stereocenters. The van der Waals surface area contributed by atoms with Crippen LogP contribution in [0.3, 0.4) is 0 Å². The number of rotatable bonds is 3. The molecule has 1 aromatic rings. The molecular formula is C10H17ClN4O2S. The van der Waals surface area contributed by atoms with Crippen molar-refractivity contribution in [1.82, 2.24) is 20.2 Å². The van der Waals surface area contributed by atoms with Crippen LogP contribution in [0.2, 0.25) is 0 Å². The molecule has 0 amide bonds. The van der Waals surface area contributed by atoms with Crippen LogP contribution in [0.5, 0.6) is 0 Å². The number of hydrogen-bond donors (Lipinski definition) is 2. The van der Waals surface area contributed by atoms with Crippen molar-refractivity contribution in [2.45, 2.75) is 30.8 Å². The predicted molar refractivity (Wildman–Crippen MR) is 70.2 cm³/mol. The lowest BCUT2D eigenvalue weighted by Crippen LogP contribution is -2.42. The smallest absolute Gasteiger partial charge is 0.260 e. The minimum absolute atomic E-state index is 0. The normalized spacial score (nSPS) is 17.2. The third-order valence-corrected chi connectivity index (χ3v) is 4.12. The molecule has 1 aromatic heterocycles. The lowest BCUT2D eigenvalue weighted by Gasteiger charge is -2.23. The molecule has 0 unspecified atom stereocenters. The molecule has 1 aliphatic rings. The summed E-state index contributed by atoms with van der Waals surface area (Å²) < 4.78 is 26.6. The molecule has 102 valence electrons. The lowest BCUT2D eigenvalue weighted by molar-refractivity contribution is 0.426. The second-order valence-electron chi connectivity index (χ2n) is 4.16. The van der Waals surface area contributed by atoms with Gasteiger partial charge in [-0.15, -0.1) is 17.5 Å². The van der Waals surface area contributed by atoms with E-state index in [0.717, 1.165) is 25.9 Å². The van der Waals surface area contributed by atoms with Gasteiger partial charge in [0.1, 0.15) is 0 Å². The van der Waals surface area contributed by atoms with Crippen LogP contribution in [0.4, 0.5) is 0 Å². The van der Waals surface area contributed by atoms with Gasteiger partial charge in [-0.1, -0.05) is 0 Å². The summed E-state index contributed by atoms with van der Waals surface area (Å²) in [5.41, 5.74) is 0.700. The average Bonchev–Trinajstić information content (AvgIpc) is 2.30. The van der Waals surface area contributed by atoms with Crippen molar-refractivity contribution in [2.24, 2.45) is 0 Å². The molecule has 0 aliphatic carbocycles. The van der Waals surface area contributed by atoms with E-state index >= 15 is 0 Å². The maximum atomic E-state index is 12.0. The molecule has 0 saturated carbocycles. The Morgan fingerprint density at radius 3 is 2.50 bits per heavy atom. The quantitative estimate of drug-likeness (QED) is 0.834. The minimum atomic E-state index is -3.53. The van der Waals surface area contributed by atoms with Crippen LogP contribution in [0.1, 0.15) is 18.5 Å². The number of aryl methyl sites for hydroxylation is 1. The predicted octanol–water partition coefficient (Wildman–Crippen LogP) is 0.237. The van der Waals surface area contributed by atoms with Crippen molar-refractivity contribution >= 4 is 22.4 Å². The fourth-order valence-corrected chi connectivity index (χ4v) is 2.94. The van der Waals surface area contributed by atoms with Gasteiger partial charge >= 0.3 is 0 Å². The average molecular weight is 293 g/mol. The Balaban J connectivity index is 0.00000162. The summed E-state index contributed by atoms with van der Waals surface area (Å²) in [7, 11) is -3.53. The van der Waals surface area contributed by atoms with E-state index in [1.54, 1.807) is 13.0 Å². The third kappa shape index (κ3) is 3.88. The summed E-state index contributed by atoms with van der Waals surface area (Å²) in [6.45, 7) is 3.45. The standard InChI is InChI=1S/C10H16N4O2S.ClH/c1-8-2-3-10(13-12-8)17(15,16)14-9-4-6-11-7-5-9;/h2-3,9,11,14H,4-7H2,1H3;1H. The van der Waals surface area contributed by atoms with Gasteiger partial charge in [-0.25, -0.2) is 13.1 Å². The van der Waals surface area contributed by atoms with Crippen LogP contribution >= 0.6 is 12.4 Å². The van der Waals surface area contributed by atoms with E-state index < -0.39 is 10.0 Å². The molecule has 2 heterocycles. The molecular weight excluding hydrogens is 276 g/mol. The van der Waals surface area contributed by atoms with Crippen LogP contribution in [0.25, 0.3) is 0 Å². The number of hydrogen-bond acceptors (Lipinski definition) is 5. The number of halogens is 1. The van der Waals surface area contributed by atoms with Crippen LogP contribution < -0.4 is 10.0 Å². The van der Waals surface area contributed by atoms with E-state index in [-0.39, 0.29) is 23.5 Å². The lowest BCUT2D eigenvalue weighted by atomic mass is 10.1. The fourth-order valence-electron chi connectivity index (χ4n) is 1.75. The molecule has 1 saturated heterocycles. The Morgan fingerprint density at radius 1 is 1.28 bits per heavy atom. The van der Waals surface area contributed by atoms with Crippen LogP contribution in [-0.2, 0) is 10.0 Å². The molecule has 0 aromatic carbocycles. The Morgan fingerprint density at radius 2 is 1.94 bits per heavy atom. The number of piperidine rings is 1. The highest BCUT2D eigenvalue weighted by Gasteiger charge is 2.22. The first-order valence-corrected chi connectivity index (χ1v) is 7.09. The first kappa shape index (κ1) is 15.3. The van der Waals surface area contributed by atoms with Crippen molar-refractivity contribution in [3.63, 3.8) is 0 Å². The molecule has 0 bridgehead atoms. The molecule has 1 fully saturated rings. The summed E-state index contributed by atoms with van der Waals surface area (Å²) in [5.74, 6) is 0. The summed E-state index contributed by atoms with van der Waals surface area (Å²) in [6, 6.07) is 3.11. The van der Waals surface area contributed by atoms with E-state index in [1.165, 1.54) is 6.07 Å². The van der Waals surface area contributed by atoms with Gasteiger partial charge in [0.15, 0.2) is 5.03 Å². The van der Waals surface area contributed by atoms with Gasteiger partial charge in [-0.2, -0.15) is 5.10 Å². The fraction of sp³-hybridized carbons (Fsp3) is 0.600. The topological polar surface area (TPSA) is 84.0 Å². The zero-order valence-corrected chi connectivity index (χ0v) is 11.7. The van der Waals surface area contributed by atoms with Crippen molar-refractivity contribution in [3.05, 3.63) is 17.8 Å². The van der Waals surface area contributed by atoms with Gasteiger partial charge in [0, 0.05) is 6.04 Å². The monoisotopic (exact) mass is 292 g/mol. The van der Waals surface area contributed by atoms with E-state index in [9.17, 15) is 8.42 Å². The number of sulfonamides is 1. The van der Waals surface area contributed by atoms with Gasteiger partial charge in [0.05, 0.1) is 5.69 Å². The van der Waals surface area contributed by atoms with E-state index in [2.05, 4.69) is 20.2 Å². The first-order valence-electron chi connectivity index (χ1n) is 5.61. The number of aromatic nitrogens is 2. The number of nitrogens with zero attached hydrogens (tertiary/aromatic N) is 2. The molecule has 8 heteroatoms. The summed E-state index contributed by atoms with van der Waals surface area (Å²) >= 11 is 0. The summed E-state index contributed by atoms with van der Waals surface area (Å²) in [5, 5.41) is 10.6. The molecule has 2 N–H and O–H groups in total. The third-order valence-electron chi connectivity index (χ3n) is 2.71. The summed E-state index contributed by atoms with van der Waals surface area (Å²) in [4.78, 5) is 0. The van der Waals surface area contributed by atoms with E-state index in [4.69, 9.17) is 0 Å². The number of nitrogens with one attached hydrogen (secondary N) is 2. The molecule has 1 aliphatic heterocycles. The molecule has 2 rings (SSSR count). The molecule has 0 radical (unpaired) electrons. The van der Waals surface area contributed by atoms with E-state index in [1.807, 2.05) is 0 Å². The molecule has 0 spiro atoms. The maximum absolute atomic E-state index is 12.0. The SMILES string of the molecule is Cc1ccc(S(=O)(=O)NC2CCNCC2)nn1.Cl. The maximum Gasteiger partial charge on any atom is 0.260 e. The minimum Gasteiger partial charge on any atom is -0.317 e. The second kappa shape index (κ2) is 6.42. The Kier molecular flexibility index (Phi) is 5.46. The Hall–Kier alpha value is -0.760. The second-order valence-corrected chi connectivity index (χ2v) is 5.82. The van der Waals surface area contributed by atoms with Crippen molar-refractivity contribution in [2.75, 3.05) is 13.1 Å². The van der Waals surface area contributed by atoms with Crippen molar-refractivity contribution in [3.8, 4) is 0 Å². The van der Waals surface area contributed by atoms with Gasteiger partial charge in [0.25, 0.3) is 10.0 Å². The van der Waals surface area contributed by atoms with Gasteiger partial charge in [-0.05, 0) is 45.0 Å². The summed E-state index contributed by atoms with van der Waals surface area (Å²) in [6.07, 6.45) is 1.61. The Labute approximate surface area is 113 Å². The van der Waals surface area contributed by atoms with Crippen LogP contribution in [0, 0.1) is 6.92 Å². The molecule has 18 heavy (non-hydrogen) atoms. The van der Waals surface area contributed by atoms with Crippen LogP contribution in [0.15, 0.2) is 17.2 Å². The highest BCUT2D eigenvalue weighted by atomic mass is 35.5.